The summed E-state index contributed by atoms with van der Waals surface area (Å²) in [6.45, 7) is 3.87. The maximum atomic E-state index is 12.9. The van der Waals surface area contributed by atoms with Crippen molar-refractivity contribution in [2.75, 3.05) is 6.54 Å². The highest BCUT2D eigenvalue weighted by Crippen LogP contribution is 2.20. The maximum Gasteiger partial charge on any atom is 0.475 e. The van der Waals surface area contributed by atoms with Crippen LogP contribution in [0.1, 0.15) is 45.1 Å². The quantitative estimate of drug-likeness (QED) is 0.0645. The van der Waals surface area contributed by atoms with Crippen LogP contribution in [0.4, 0.5) is 0 Å². The fraction of sp³-hybridized carbons (Fsp3) is 0.550. The van der Waals surface area contributed by atoms with Crippen molar-refractivity contribution in [3.63, 3.8) is 0 Å². The molecule has 0 bridgehead atoms. The highest BCUT2D eigenvalue weighted by Gasteiger charge is 2.30. The summed E-state index contributed by atoms with van der Waals surface area (Å²) < 4.78 is 0. The Bertz CT molecular complexity index is 839. The average Bonchev–Trinajstić information content (AvgIpc) is 2.70. The number of halogens is 1. The van der Waals surface area contributed by atoms with E-state index in [1.54, 1.807) is 29.7 Å². The van der Waals surface area contributed by atoms with E-state index in [1.807, 2.05) is 13.8 Å². The van der Waals surface area contributed by atoms with Gasteiger partial charge >= 0.3 is 7.12 Å². The lowest BCUT2D eigenvalue weighted by Crippen LogP contribution is -2.49. The molecule has 6 N–H and O–H groups in total. The molecule has 0 aliphatic rings. The van der Waals surface area contributed by atoms with Gasteiger partial charge in [-0.1, -0.05) is 49.1 Å². The minimum Gasteiger partial charge on any atom is -0.426 e. The van der Waals surface area contributed by atoms with Crippen LogP contribution in [0.5, 0.6) is 0 Å². The van der Waals surface area contributed by atoms with Gasteiger partial charge in [0, 0.05) is 30.3 Å². The fourth-order valence-electron chi connectivity index (χ4n) is 3.26. The van der Waals surface area contributed by atoms with Crippen molar-refractivity contribution in [2.24, 2.45) is 22.6 Å². The van der Waals surface area contributed by atoms with Gasteiger partial charge in [-0.25, -0.2) is 15.1 Å². The number of hydrazine groups is 1. The summed E-state index contributed by atoms with van der Waals surface area (Å²) in [7, 11) is -1.74. The van der Waals surface area contributed by atoms with Gasteiger partial charge in [-0.3, -0.25) is 9.59 Å². The zero-order valence-corrected chi connectivity index (χ0v) is 19.5. The summed E-state index contributed by atoms with van der Waals surface area (Å²) in [5.74, 6) is -2.59. The van der Waals surface area contributed by atoms with E-state index in [2.05, 4.69) is 10.3 Å². The molecule has 1 amide bonds. The molecule has 0 aliphatic heterocycles. The van der Waals surface area contributed by atoms with Gasteiger partial charge in [0.25, 0.3) is 5.96 Å². The number of hydrogen-bond acceptors (Lipinski definition) is 7. The maximum absolute atomic E-state index is 12.9. The second-order valence-corrected chi connectivity index (χ2v) is 8.55. The van der Waals surface area contributed by atoms with Crippen LogP contribution in [0, 0.1) is 22.0 Å². The van der Waals surface area contributed by atoms with Gasteiger partial charge in [0.2, 0.25) is 5.91 Å². The van der Waals surface area contributed by atoms with E-state index in [-0.39, 0.29) is 43.5 Å². The van der Waals surface area contributed by atoms with E-state index in [0.717, 1.165) is 0 Å². The minimum atomic E-state index is -1.74. The van der Waals surface area contributed by atoms with Crippen LogP contribution in [0.3, 0.4) is 0 Å². The molecule has 1 aromatic rings. The number of nitro groups is 1. The van der Waals surface area contributed by atoms with Crippen molar-refractivity contribution in [1.82, 2.24) is 10.7 Å². The number of benzene rings is 1. The largest absolute Gasteiger partial charge is 0.475 e. The van der Waals surface area contributed by atoms with E-state index in [4.69, 9.17) is 17.3 Å². The number of nitrogens with two attached hydrogens (primary N) is 1. The Morgan fingerprint density at radius 1 is 1.30 bits per heavy atom. The summed E-state index contributed by atoms with van der Waals surface area (Å²) >= 11 is 6.12. The molecule has 0 aromatic heterocycles. The number of guanidine groups is 1. The Balaban J connectivity index is 2.85. The third-order valence-corrected chi connectivity index (χ3v) is 5.17. The summed E-state index contributed by atoms with van der Waals surface area (Å²) in [6, 6.07) is 6.92. The number of aliphatic imine (C=N–C) groups is 1. The number of amides is 1. The first-order valence-electron chi connectivity index (χ1n) is 10.6. The molecule has 0 saturated heterocycles. The number of hydrogen-bond donors (Lipinski definition) is 5. The number of nitrogens with zero attached hydrogens (tertiary/aromatic N) is 2. The third kappa shape index (κ3) is 11.7. The normalized spacial score (nSPS) is 13.3. The molecule has 13 heteroatoms. The molecule has 33 heavy (non-hydrogen) atoms. The molecule has 2 atom stereocenters. The Morgan fingerprint density at radius 2 is 1.97 bits per heavy atom. The summed E-state index contributed by atoms with van der Waals surface area (Å²) in [5.41, 5.74) is 7.75. The SMILES string of the molecule is CC(C)C[C@H](NC(=O)[C@H](CCCN=C(N)N[N+](=O)[O-])CC(=O)Cc1ccccc1Cl)B(O)O. The molecule has 1 rings (SSSR count). The van der Waals surface area contributed by atoms with Crippen LogP contribution in [-0.4, -0.2) is 52.3 Å². The molecule has 0 fully saturated rings. The summed E-state index contributed by atoms with van der Waals surface area (Å²) in [6.07, 6.45) is 0.884. The Kier molecular flexibility index (Phi) is 12.4. The van der Waals surface area contributed by atoms with E-state index >= 15 is 0 Å². The van der Waals surface area contributed by atoms with Crippen molar-refractivity contribution in [3.8, 4) is 0 Å². The zero-order valence-electron chi connectivity index (χ0n) is 18.7. The number of carbonyl (C=O) groups is 2. The first-order valence-corrected chi connectivity index (χ1v) is 11.0. The monoisotopic (exact) mass is 483 g/mol. The Hall–Kier alpha value is -2.70. The molecular formula is C20H31BClN5O6. The van der Waals surface area contributed by atoms with E-state index in [0.29, 0.717) is 23.4 Å². The van der Waals surface area contributed by atoms with Crippen LogP contribution in [0.2, 0.25) is 5.02 Å². The number of nitrogens with one attached hydrogen (secondary N) is 2. The van der Waals surface area contributed by atoms with Crippen molar-refractivity contribution < 1.29 is 24.7 Å². The van der Waals surface area contributed by atoms with E-state index < -0.39 is 29.9 Å². The smallest absolute Gasteiger partial charge is 0.426 e. The molecule has 0 radical (unpaired) electrons. The van der Waals surface area contributed by atoms with Crippen LogP contribution in [0.15, 0.2) is 29.3 Å². The van der Waals surface area contributed by atoms with E-state index in [1.165, 1.54) is 0 Å². The van der Waals surface area contributed by atoms with Crippen molar-refractivity contribution in [3.05, 3.63) is 45.0 Å². The van der Waals surface area contributed by atoms with Gasteiger partial charge in [-0.15, -0.1) is 0 Å². The zero-order chi connectivity index (χ0) is 25.0. The molecule has 0 saturated carbocycles. The van der Waals surface area contributed by atoms with Crippen molar-refractivity contribution in [1.29, 1.82) is 0 Å². The van der Waals surface area contributed by atoms with Crippen LogP contribution in [-0.2, 0) is 16.0 Å². The highest BCUT2D eigenvalue weighted by atomic mass is 35.5. The first kappa shape index (κ1) is 28.3. The Morgan fingerprint density at radius 3 is 2.55 bits per heavy atom. The topological polar surface area (TPSA) is 180 Å². The van der Waals surface area contributed by atoms with Crippen molar-refractivity contribution in [2.45, 2.75) is 51.9 Å². The fourth-order valence-corrected chi connectivity index (χ4v) is 3.46. The van der Waals surface area contributed by atoms with Gasteiger partial charge in [0.05, 0.1) is 5.94 Å². The van der Waals surface area contributed by atoms with Crippen LogP contribution < -0.4 is 16.5 Å². The molecule has 1 aromatic carbocycles. The van der Waals surface area contributed by atoms with Gasteiger partial charge in [0.1, 0.15) is 5.78 Å². The second kappa shape index (κ2) is 14.5. The first-order chi connectivity index (χ1) is 15.5. The molecule has 182 valence electrons. The summed E-state index contributed by atoms with van der Waals surface area (Å²) in [4.78, 5) is 39.7. The minimum absolute atomic E-state index is 0.0549. The third-order valence-electron chi connectivity index (χ3n) is 4.80. The standard InChI is InChI=1S/C20H31BClN5O6/c1-13(2)10-18(21(30)31)25-19(29)15(7-5-9-24-20(23)26-27(32)33)12-16(28)11-14-6-3-4-8-17(14)22/h3-4,6,8,13,15,18,30-31H,5,7,9-12H2,1-2H3,(H,25,29)(H3,23,24,26)/t15-,18+/m1/s1. The van der Waals surface area contributed by atoms with Gasteiger partial charge in [-0.2, -0.15) is 0 Å². The predicted octanol–water partition coefficient (Wildman–Crippen LogP) is 0.877. The summed E-state index contributed by atoms with van der Waals surface area (Å²) in [5, 5.41) is 31.8. The number of ketones is 1. The lowest BCUT2D eigenvalue weighted by molar-refractivity contribution is -0.525. The Labute approximate surface area is 198 Å². The van der Waals surface area contributed by atoms with Gasteiger partial charge in [0.15, 0.2) is 5.03 Å². The predicted molar refractivity (Wildman–Crippen MR) is 126 cm³/mol. The van der Waals surface area contributed by atoms with Crippen molar-refractivity contribution >= 4 is 36.4 Å². The average molecular weight is 484 g/mol. The molecule has 11 nitrogen and oxygen atoms in total. The lowest BCUT2D eigenvalue weighted by Gasteiger charge is -2.23. The highest BCUT2D eigenvalue weighted by molar-refractivity contribution is 6.43. The van der Waals surface area contributed by atoms with E-state index in [9.17, 15) is 29.8 Å². The number of rotatable bonds is 14. The molecule has 0 aliphatic carbocycles. The van der Waals surface area contributed by atoms with Crippen LogP contribution in [0.25, 0.3) is 0 Å². The molecule has 0 spiro atoms. The number of Topliss-reactive ketones (excluding diaryl/α,β-unsaturated/α-hetero) is 1. The van der Waals surface area contributed by atoms with Gasteiger partial charge < -0.3 is 21.1 Å². The molecule has 0 heterocycles. The van der Waals surface area contributed by atoms with Gasteiger partial charge in [-0.05, 0) is 36.8 Å². The number of carbonyl (C=O) groups excluding carboxylic acids is 2. The second-order valence-electron chi connectivity index (χ2n) is 8.14. The van der Waals surface area contributed by atoms with Crippen LogP contribution >= 0.6 is 11.6 Å². The molecular weight excluding hydrogens is 453 g/mol. The lowest BCUT2D eigenvalue weighted by atomic mass is 9.74. The molecule has 0 unspecified atom stereocenters.